The molecule has 0 saturated heterocycles. The number of nitrogens with zero attached hydrogens (tertiary/aromatic N) is 3. The quantitative estimate of drug-likeness (QED) is 0.570. The first-order valence-corrected chi connectivity index (χ1v) is 8.04. The van der Waals surface area contributed by atoms with Crippen molar-refractivity contribution in [1.82, 2.24) is 15.1 Å². The number of benzene rings is 1. The van der Waals surface area contributed by atoms with Crippen molar-refractivity contribution in [3.05, 3.63) is 46.3 Å². The van der Waals surface area contributed by atoms with Gasteiger partial charge in [0.15, 0.2) is 0 Å². The highest BCUT2D eigenvalue weighted by Crippen LogP contribution is 2.29. The molecule has 2 atom stereocenters. The lowest BCUT2D eigenvalue weighted by Crippen LogP contribution is -2.33. The number of hydrogen-bond acceptors (Lipinski definition) is 6. The molecular formula is C17H22N4O5. The smallest absolute Gasteiger partial charge is 0.306 e. The van der Waals surface area contributed by atoms with E-state index in [1.165, 1.54) is 10.9 Å². The Kier molecular flexibility index (Phi) is 6.16. The SMILES string of the molecule is COc1ccc(OC)c([C@@H](C)NC(=O)[C@@H](C)Cn2cc([N+](=O)[O-])cn2)c1. The normalized spacial score (nSPS) is 12.9. The largest absolute Gasteiger partial charge is 0.497 e. The molecule has 9 heteroatoms. The Morgan fingerprint density at radius 2 is 2.08 bits per heavy atom. The van der Waals surface area contributed by atoms with Gasteiger partial charge in [-0.1, -0.05) is 6.92 Å². The van der Waals surface area contributed by atoms with Crippen LogP contribution in [0.15, 0.2) is 30.6 Å². The van der Waals surface area contributed by atoms with Crippen LogP contribution < -0.4 is 14.8 Å². The second kappa shape index (κ2) is 8.32. The molecule has 1 aromatic heterocycles. The summed E-state index contributed by atoms with van der Waals surface area (Å²) in [5, 5.41) is 17.5. The number of carbonyl (C=O) groups is 1. The lowest BCUT2D eigenvalue weighted by Gasteiger charge is -2.20. The first-order valence-electron chi connectivity index (χ1n) is 8.04. The molecule has 0 bridgehead atoms. The number of amides is 1. The standard InChI is InChI=1S/C17H22N4O5/c1-11(9-20-10-13(8-18-20)21(23)24)17(22)19-12(2)15-7-14(25-3)5-6-16(15)26-4/h5-8,10-12H,9H2,1-4H3,(H,19,22)/t11-,12+/m0/s1. The van der Waals surface area contributed by atoms with Gasteiger partial charge in [0.2, 0.25) is 5.91 Å². The zero-order valence-electron chi connectivity index (χ0n) is 15.1. The zero-order chi connectivity index (χ0) is 19.3. The molecule has 0 saturated carbocycles. The Hall–Kier alpha value is -3.10. The highest BCUT2D eigenvalue weighted by atomic mass is 16.6. The Morgan fingerprint density at radius 1 is 1.35 bits per heavy atom. The van der Waals surface area contributed by atoms with E-state index in [0.717, 1.165) is 11.8 Å². The van der Waals surface area contributed by atoms with Gasteiger partial charge in [-0.15, -0.1) is 0 Å². The molecule has 0 spiro atoms. The van der Waals surface area contributed by atoms with Crippen molar-refractivity contribution >= 4 is 11.6 Å². The summed E-state index contributed by atoms with van der Waals surface area (Å²) >= 11 is 0. The van der Waals surface area contributed by atoms with Crippen molar-refractivity contribution in [2.75, 3.05) is 14.2 Å². The van der Waals surface area contributed by atoms with Gasteiger partial charge in [-0.2, -0.15) is 5.10 Å². The highest BCUT2D eigenvalue weighted by Gasteiger charge is 2.20. The highest BCUT2D eigenvalue weighted by molar-refractivity contribution is 5.78. The molecule has 0 aliphatic rings. The summed E-state index contributed by atoms with van der Waals surface area (Å²) in [6.45, 7) is 3.82. The summed E-state index contributed by atoms with van der Waals surface area (Å²) in [5.41, 5.74) is 0.689. The summed E-state index contributed by atoms with van der Waals surface area (Å²) in [7, 11) is 3.13. The van der Waals surface area contributed by atoms with Gasteiger partial charge >= 0.3 is 5.69 Å². The molecule has 0 aliphatic carbocycles. The molecule has 2 rings (SSSR count). The molecule has 0 aliphatic heterocycles. The van der Waals surface area contributed by atoms with Crippen molar-refractivity contribution in [1.29, 1.82) is 0 Å². The van der Waals surface area contributed by atoms with Crippen LogP contribution in [0.5, 0.6) is 11.5 Å². The summed E-state index contributed by atoms with van der Waals surface area (Å²) in [5.74, 6) is 0.696. The zero-order valence-corrected chi connectivity index (χ0v) is 15.1. The predicted octanol–water partition coefficient (Wildman–Crippen LogP) is 2.32. The molecule has 1 heterocycles. The van der Waals surface area contributed by atoms with Gasteiger partial charge in [0.1, 0.15) is 23.9 Å². The fourth-order valence-corrected chi connectivity index (χ4v) is 2.52. The van der Waals surface area contributed by atoms with Gasteiger partial charge in [-0.25, -0.2) is 0 Å². The number of ether oxygens (including phenoxy) is 2. The van der Waals surface area contributed by atoms with Crippen LogP contribution >= 0.6 is 0 Å². The fourth-order valence-electron chi connectivity index (χ4n) is 2.52. The minimum Gasteiger partial charge on any atom is -0.497 e. The number of nitro groups is 1. The average Bonchev–Trinajstić information content (AvgIpc) is 3.09. The molecule has 1 aromatic carbocycles. The Labute approximate surface area is 151 Å². The van der Waals surface area contributed by atoms with E-state index in [0.29, 0.717) is 11.5 Å². The summed E-state index contributed by atoms with van der Waals surface area (Å²) < 4.78 is 12.0. The van der Waals surface area contributed by atoms with Crippen LogP contribution in [0.25, 0.3) is 0 Å². The second-order valence-corrected chi connectivity index (χ2v) is 5.92. The average molecular weight is 362 g/mol. The van der Waals surface area contributed by atoms with Gasteiger partial charge in [0, 0.05) is 5.56 Å². The molecular weight excluding hydrogens is 340 g/mol. The lowest BCUT2D eigenvalue weighted by atomic mass is 10.0. The van der Waals surface area contributed by atoms with Crippen LogP contribution in [0.2, 0.25) is 0 Å². The first kappa shape index (κ1) is 19.2. The predicted molar refractivity (Wildman–Crippen MR) is 94.1 cm³/mol. The maximum atomic E-state index is 12.5. The van der Waals surface area contributed by atoms with Crippen molar-refractivity contribution < 1.29 is 19.2 Å². The molecule has 140 valence electrons. The summed E-state index contributed by atoms with van der Waals surface area (Å²) in [6, 6.07) is 5.07. The van der Waals surface area contributed by atoms with Crippen molar-refractivity contribution in [2.45, 2.75) is 26.4 Å². The Bertz CT molecular complexity index is 789. The number of aromatic nitrogens is 2. The van der Waals surface area contributed by atoms with E-state index in [4.69, 9.17) is 9.47 Å². The van der Waals surface area contributed by atoms with Crippen LogP contribution in [0.3, 0.4) is 0 Å². The maximum Gasteiger partial charge on any atom is 0.306 e. The third-order valence-electron chi connectivity index (χ3n) is 4.00. The monoisotopic (exact) mass is 362 g/mol. The number of carbonyl (C=O) groups excluding carboxylic acids is 1. The minimum absolute atomic E-state index is 0.105. The van der Waals surface area contributed by atoms with Crippen LogP contribution in [0.1, 0.15) is 25.5 Å². The van der Waals surface area contributed by atoms with Crippen molar-refractivity contribution in [3.63, 3.8) is 0 Å². The number of methoxy groups -OCH3 is 2. The van der Waals surface area contributed by atoms with E-state index in [-0.39, 0.29) is 24.2 Å². The first-order chi connectivity index (χ1) is 12.3. The third-order valence-corrected chi connectivity index (χ3v) is 4.00. The summed E-state index contributed by atoms with van der Waals surface area (Å²) in [4.78, 5) is 22.6. The van der Waals surface area contributed by atoms with Gasteiger partial charge < -0.3 is 14.8 Å². The molecule has 26 heavy (non-hydrogen) atoms. The maximum absolute atomic E-state index is 12.5. The van der Waals surface area contributed by atoms with Crippen LogP contribution in [-0.2, 0) is 11.3 Å². The molecule has 0 radical (unpaired) electrons. The lowest BCUT2D eigenvalue weighted by molar-refractivity contribution is -0.385. The topological polar surface area (TPSA) is 109 Å². The number of rotatable bonds is 8. The van der Waals surface area contributed by atoms with Crippen LogP contribution in [0, 0.1) is 16.0 Å². The molecule has 0 fully saturated rings. The molecule has 9 nitrogen and oxygen atoms in total. The van der Waals surface area contributed by atoms with Crippen molar-refractivity contribution in [3.8, 4) is 11.5 Å². The van der Waals surface area contributed by atoms with Crippen LogP contribution in [-0.4, -0.2) is 34.8 Å². The summed E-state index contributed by atoms with van der Waals surface area (Å²) in [6.07, 6.45) is 2.46. The number of nitrogens with one attached hydrogen (secondary N) is 1. The molecule has 2 aromatic rings. The number of hydrogen-bond donors (Lipinski definition) is 1. The Balaban J connectivity index is 2.04. The molecule has 1 N–H and O–H groups in total. The van der Waals surface area contributed by atoms with Gasteiger partial charge in [-0.3, -0.25) is 19.6 Å². The van der Waals surface area contributed by atoms with E-state index in [2.05, 4.69) is 10.4 Å². The van der Waals surface area contributed by atoms with Crippen molar-refractivity contribution in [2.24, 2.45) is 5.92 Å². The van der Waals surface area contributed by atoms with Gasteiger partial charge in [-0.05, 0) is 25.1 Å². The van der Waals surface area contributed by atoms with E-state index in [1.54, 1.807) is 33.3 Å². The van der Waals surface area contributed by atoms with Gasteiger partial charge in [0.25, 0.3) is 0 Å². The van der Waals surface area contributed by atoms with E-state index >= 15 is 0 Å². The fraction of sp³-hybridized carbons (Fsp3) is 0.412. The molecule has 0 unspecified atom stereocenters. The van der Waals surface area contributed by atoms with Crippen LogP contribution in [0.4, 0.5) is 5.69 Å². The van der Waals surface area contributed by atoms with E-state index in [9.17, 15) is 14.9 Å². The molecule has 1 amide bonds. The Morgan fingerprint density at radius 3 is 2.65 bits per heavy atom. The third kappa shape index (κ3) is 4.50. The minimum atomic E-state index is -0.522. The van der Waals surface area contributed by atoms with E-state index < -0.39 is 10.8 Å². The van der Waals surface area contributed by atoms with E-state index in [1.807, 2.05) is 13.0 Å². The second-order valence-electron chi connectivity index (χ2n) is 5.92. The van der Waals surface area contributed by atoms with Gasteiger partial charge in [0.05, 0.1) is 37.6 Å².